The number of benzene rings is 1. The quantitative estimate of drug-likeness (QED) is 0.824. The first-order chi connectivity index (χ1) is 11.6. The zero-order valence-electron chi connectivity index (χ0n) is 13.5. The monoisotopic (exact) mass is 332 g/mol. The second-order valence-electron chi connectivity index (χ2n) is 5.68. The summed E-state index contributed by atoms with van der Waals surface area (Å²) in [7, 11) is 1.50. The summed E-state index contributed by atoms with van der Waals surface area (Å²) >= 11 is 0. The maximum Gasteiger partial charge on any atom is 0.328 e. The number of methoxy groups -OCH3 is 1. The van der Waals surface area contributed by atoms with Crippen LogP contribution in [0.3, 0.4) is 0 Å². The van der Waals surface area contributed by atoms with E-state index in [1.165, 1.54) is 12.0 Å². The van der Waals surface area contributed by atoms with Gasteiger partial charge in [-0.3, -0.25) is 19.8 Å². The molecule has 4 amide bonds. The van der Waals surface area contributed by atoms with Crippen molar-refractivity contribution in [2.45, 2.75) is 6.42 Å². The topological polar surface area (TPSA) is 91.0 Å². The minimum absolute atomic E-state index is 0.0751. The number of piperazine rings is 1. The molecule has 0 radical (unpaired) electrons. The van der Waals surface area contributed by atoms with E-state index in [9.17, 15) is 14.4 Å². The van der Waals surface area contributed by atoms with Gasteiger partial charge < -0.3 is 15.0 Å². The number of urea groups is 1. The van der Waals surface area contributed by atoms with Gasteiger partial charge in [-0.2, -0.15) is 0 Å². The zero-order valence-corrected chi connectivity index (χ0v) is 13.5. The van der Waals surface area contributed by atoms with E-state index < -0.39 is 6.03 Å². The standard InChI is InChI=1S/C16H20N4O4/c1-24-13-3-2-11(15(22)19-8-5-17-6-9-19)10-12(13)20-7-4-14(21)18-16(20)23/h2-3,10,17H,4-9H2,1H3,(H,18,21,23). The van der Waals surface area contributed by atoms with E-state index in [0.717, 1.165) is 13.1 Å². The summed E-state index contributed by atoms with van der Waals surface area (Å²) < 4.78 is 5.31. The van der Waals surface area contributed by atoms with Crippen LogP contribution in [0.1, 0.15) is 16.8 Å². The second-order valence-corrected chi connectivity index (χ2v) is 5.68. The van der Waals surface area contributed by atoms with Crippen molar-refractivity contribution in [3.05, 3.63) is 23.8 Å². The number of nitrogens with zero attached hydrogens (tertiary/aromatic N) is 2. The number of hydrogen-bond donors (Lipinski definition) is 2. The number of nitrogens with one attached hydrogen (secondary N) is 2. The Labute approximate surface area is 139 Å². The molecule has 128 valence electrons. The van der Waals surface area contributed by atoms with Crippen molar-refractivity contribution in [2.24, 2.45) is 0 Å². The maximum atomic E-state index is 12.7. The summed E-state index contributed by atoms with van der Waals surface area (Å²) in [6.07, 6.45) is 0.213. The third kappa shape index (κ3) is 3.18. The Morgan fingerprint density at radius 1 is 1.17 bits per heavy atom. The number of amides is 4. The lowest BCUT2D eigenvalue weighted by molar-refractivity contribution is -0.120. The fourth-order valence-electron chi connectivity index (χ4n) is 2.88. The number of ether oxygens (including phenoxy) is 1. The van der Waals surface area contributed by atoms with Crippen molar-refractivity contribution in [2.75, 3.05) is 44.7 Å². The van der Waals surface area contributed by atoms with Crippen LogP contribution < -0.4 is 20.3 Å². The Kier molecular flexibility index (Phi) is 4.66. The van der Waals surface area contributed by atoms with E-state index in [4.69, 9.17) is 4.74 Å². The van der Waals surface area contributed by atoms with E-state index in [1.54, 1.807) is 23.1 Å². The minimum Gasteiger partial charge on any atom is -0.495 e. The van der Waals surface area contributed by atoms with Gasteiger partial charge in [0.1, 0.15) is 5.75 Å². The van der Waals surface area contributed by atoms with E-state index in [-0.39, 0.29) is 24.8 Å². The van der Waals surface area contributed by atoms with Crippen LogP contribution in [0.25, 0.3) is 0 Å². The van der Waals surface area contributed by atoms with Crippen LogP contribution in [0, 0.1) is 0 Å². The van der Waals surface area contributed by atoms with Gasteiger partial charge in [0, 0.05) is 44.7 Å². The van der Waals surface area contributed by atoms with Crippen LogP contribution in [-0.4, -0.2) is 62.6 Å². The lowest BCUT2D eigenvalue weighted by atomic mass is 10.1. The van der Waals surface area contributed by atoms with Crippen LogP contribution in [0.5, 0.6) is 5.75 Å². The number of rotatable bonds is 3. The van der Waals surface area contributed by atoms with Gasteiger partial charge >= 0.3 is 6.03 Å². The molecule has 0 bridgehead atoms. The van der Waals surface area contributed by atoms with Gasteiger partial charge in [-0.15, -0.1) is 0 Å². The highest BCUT2D eigenvalue weighted by Crippen LogP contribution is 2.31. The summed E-state index contributed by atoms with van der Waals surface area (Å²) in [5.41, 5.74) is 0.987. The first-order valence-corrected chi connectivity index (χ1v) is 7.89. The summed E-state index contributed by atoms with van der Waals surface area (Å²) in [4.78, 5) is 39.3. The smallest absolute Gasteiger partial charge is 0.328 e. The number of carbonyl (C=O) groups excluding carboxylic acids is 3. The highest BCUT2D eigenvalue weighted by atomic mass is 16.5. The molecule has 2 N–H and O–H groups in total. The Balaban J connectivity index is 1.89. The van der Waals surface area contributed by atoms with E-state index in [1.807, 2.05) is 0 Å². The minimum atomic E-state index is -0.503. The molecular formula is C16H20N4O4. The first-order valence-electron chi connectivity index (χ1n) is 7.89. The molecule has 0 atom stereocenters. The van der Waals surface area contributed by atoms with Crippen molar-refractivity contribution in [3.63, 3.8) is 0 Å². The average Bonchev–Trinajstić information content (AvgIpc) is 2.61. The van der Waals surface area contributed by atoms with Crippen molar-refractivity contribution in [3.8, 4) is 5.75 Å². The van der Waals surface area contributed by atoms with E-state index in [2.05, 4.69) is 10.6 Å². The SMILES string of the molecule is COc1ccc(C(=O)N2CCNCC2)cc1N1CCC(=O)NC1=O. The predicted octanol–water partition coefficient (Wildman–Crippen LogP) is 0.187. The van der Waals surface area contributed by atoms with Crippen LogP contribution >= 0.6 is 0 Å². The van der Waals surface area contributed by atoms with Gasteiger partial charge in [0.15, 0.2) is 0 Å². The van der Waals surface area contributed by atoms with Gasteiger partial charge in [0.05, 0.1) is 12.8 Å². The molecule has 0 spiro atoms. The van der Waals surface area contributed by atoms with Crippen molar-refractivity contribution in [1.82, 2.24) is 15.5 Å². The van der Waals surface area contributed by atoms with Crippen LogP contribution in [0.2, 0.25) is 0 Å². The molecule has 0 saturated carbocycles. The molecule has 8 heteroatoms. The molecule has 1 aromatic rings. The molecule has 3 rings (SSSR count). The molecule has 1 aromatic carbocycles. The Bertz CT molecular complexity index is 670. The largest absolute Gasteiger partial charge is 0.495 e. The Morgan fingerprint density at radius 3 is 2.58 bits per heavy atom. The second kappa shape index (κ2) is 6.88. The molecule has 8 nitrogen and oxygen atoms in total. The van der Waals surface area contributed by atoms with E-state index >= 15 is 0 Å². The van der Waals surface area contributed by atoms with Gasteiger partial charge in [-0.1, -0.05) is 0 Å². The maximum absolute atomic E-state index is 12.7. The average molecular weight is 332 g/mol. The predicted molar refractivity (Wildman–Crippen MR) is 87.3 cm³/mol. The van der Waals surface area contributed by atoms with E-state index in [0.29, 0.717) is 30.1 Å². The third-order valence-corrected chi connectivity index (χ3v) is 4.17. The fourth-order valence-corrected chi connectivity index (χ4v) is 2.88. The highest BCUT2D eigenvalue weighted by Gasteiger charge is 2.28. The molecule has 0 aliphatic carbocycles. The van der Waals surface area contributed by atoms with Crippen LogP contribution in [0.15, 0.2) is 18.2 Å². The fraction of sp³-hybridized carbons (Fsp3) is 0.438. The van der Waals surface area contributed by atoms with Gasteiger partial charge in [-0.25, -0.2) is 4.79 Å². The van der Waals surface area contributed by atoms with Crippen LogP contribution in [-0.2, 0) is 4.79 Å². The lowest BCUT2D eigenvalue weighted by Gasteiger charge is -2.30. The molecule has 0 unspecified atom stereocenters. The molecular weight excluding hydrogens is 312 g/mol. The summed E-state index contributed by atoms with van der Waals surface area (Å²) in [5, 5.41) is 5.49. The molecule has 2 fully saturated rings. The van der Waals surface area contributed by atoms with Crippen molar-refractivity contribution in [1.29, 1.82) is 0 Å². The summed E-state index contributed by atoms with van der Waals surface area (Å²) in [6, 6.07) is 4.52. The van der Waals surface area contributed by atoms with Crippen LogP contribution in [0.4, 0.5) is 10.5 Å². The highest BCUT2D eigenvalue weighted by molar-refractivity contribution is 6.07. The molecule has 2 aliphatic rings. The van der Waals surface area contributed by atoms with Crippen molar-refractivity contribution < 1.29 is 19.1 Å². The summed E-state index contributed by atoms with van der Waals surface area (Å²) in [6.45, 7) is 3.10. The van der Waals surface area contributed by atoms with Gasteiger partial charge in [0.2, 0.25) is 5.91 Å². The van der Waals surface area contributed by atoms with Gasteiger partial charge in [0.25, 0.3) is 5.91 Å². The number of anilines is 1. The van der Waals surface area contributed by atoms with Gasteiger partial charge in [-0.05, 0) is 18.2 Å². The molecule has 2 aliphatic heterocycles. The molecule has 24 heavy (non-hydrogen) atoms. The molecule has 2 saturated heterocycles. The lowest BCUT2D eigenvalue weighted by Crippen LogP contribution is -2.49. The molecule has 0 aromatic heterocycles. The first kappa shape index (κ1) is 16.3. The third-order valence-electron chi connectivity index (χ3n) is 4.17. The summed E-state index contributed by atoms with van der Waals surface area (Å²) in [5.74, 6) is 0.105. The number of imide groups is 1. The normalized spacial score (nSPS) is 18.4. The number of hydrogen-bond acceptors (Lipinski definition) is 5. The number of carbonyl (C=O) groups is 3. The van der Waals surface area contributed by atoms with Crippen molar-refractivity contribution >= 4 is 23.5 Å². The zero-order chi connectivity index (χ0) is 17.1. The Hall–Kier alpha value is -2.61. The Morgan fingerprint density at radius 2 is 1.92 bits per heavy atom. The molecule has 2 heterocycles.